The first-order valence-electron chi connectivity index (χ1n) is 12.6. The average molecular weight is 531 g/mol. The van der Waals surface area contributed by atoms with Crippen LogP contribution in [0.3, 0.4) is 0 Å². The molecule has 2 aliphatic heterocycles. The molecule has 0 atom stereocenters. The van der Waals surface area contributed by atoms with Gasteiger partial charge in [0.15, 0.2) is 0 Å². The molecule has 0 aromatic carbocycles. The summed E-state index contributed by atoms with van der Waals surface area (Å²) in [4.78, 5) is 45.9. The van der Waals surface area contributed by atoms with E-state index in [2.05, 4.69) is 47.6 Å². The molecule has 0 bridgehead atoms. The van der Waals surface area contributed by atoms with E-state index in [1.54, 1.807) is 18.3 Å². The van der Waals surface area contributed by atoms with Gasteiger partial charge >= 0.3 is 0 Å². The Kier molecular flexibility index (Phi) is 7.94. The number of carbonyl (C=O) groups excluding carboxylic acids is 2. The number of nitrogens with one attached hydrogen (secondary N) is 2. The van der Waals surface area contributed by atoms with E-state index in [0.29, 0.717) is 22.5 Å². The summed E-state index contributed by atoms with van der Waals surface area (Å²) in [7, 11) is 3.96. The second kappa shape index (κ2) is 11.7. The number of hydrogen-bond donors (Lipinski definition) is 2. The second-order valence-corrected chi connectivity index (χ2v) is 10.5. The molecule has 0 aliphatic carbocycles. The molecular weight excluding hydrogens is 500 g/mol. The third kappa shape index (κ3) is 6.17. The Morgan fingerprint density at radius 3 is 2.66 bits per heavy atom. The molecule has 2 aliphatic rings. The number of amides is 2. The summed E-state index contributed by atoms with van der Waals surface area (Å²) in [6, 6.07) is 9.90. The van der Waals surface area contributed by atoms with E-state index in [4.69, 9.17) is 0 Å². The molecule has 38 heavy (non-hydrogen) atoms. The van der Waals surface area contributed by atoms with Crippen LogP contribution in [0.2, 0.25) is 0 Å². The van der Waals surface area contributed by atoms with Crippen LogP contribution in [0.25, 0.3) is 17.3 Å². The van der Waals surface area contributed by atoms with Crippen LogP contribution < -0.4 is 20.4 Å². The van der Waals surface area contributed by atoms with Gasteiger partial charge in [-0.05, 0) is 73.0 Å². The van der Waals surface area contributed by atoms with Gasteiger partial charge in [-0.15, -0.1) is 0 Å². The van der Waals surface area contributed by atoms with E-state index < -0.39 is 0 Å². The molecule has 3 aromatic rings. The maximum Gasteiger partial charge on any atom is 0.290 e. The second-order valence-electron chi connectivity index (χ2n) is 9.51. The molecule has 10 nitrogen and oxygen atoms in total. The zero-order valence-electron chi connectivity index (χ0n) is 21.4. The van der Waals surface area contributed by atoms with Crippen molar-refractivity contribution in [3.8, 4) is 11.3 Å². The number of carbonyl (C=O) groups is 2. The van der Waals surface area contributed by atoms with Crippen molar-refractivity contribution in [2.75, 3.05) is 43.5 Å². The number of anilines is 2. The number of pyridine rings is 2. The normalized spacial score (nSPS) is 17.2. The van der Waals surface area contributed by atoms with Crippen molar-refractivity contribution in [2.45, 2.75) is 19.4 Å². The smallest absolute Gasteiger partial charge is 0.290 e. The zero-order valence-corrected chi connectivity index (χ0v) is 22.2. The van der Waals surface area contributed by atoms with Gasteiger partial charge < -0.3 is 15.1 Å². The van der Waals surface area contributed by atoms with Gasteiger partial charge in [0.25, 0.3) is 11.1 Å². The highest BCUT2D eigenvalue weighted by molar-refractivity contribution is 8.18. The van der Waals surface area contributed by atoms with Crippen LogP contribution in [-0.2, 0) is 11.3 Å². The van der Waals surface area contributed by atoms with Crippen molar-refractivity contribution in [3.63, 3.8) is 0 Å². The van der Waals surface area contributed by atoms with Crippen molar-refractivity contribution in [1.82, 2.24) is 30.6 Å². The standard InChI is InChI=1S/C27H30N8O2S/c1-34(2)23-6-5-20(17-31-23)24-19(4-3-10-29-24)16-28-15-18-8-12-35(13-9-18)26-30-11-7-21(32-26)14-22-25(36)33-27(37)38-22/h3-7,10-11,14,17-18,28H,8-9,12-13,15-16H2,1-2H3,(H,33,36,37)/b22-14-. The summed E-state index contributed by atoms with van der Waals surface area (Å²) < 4.78 is 0. The summed E-state index contributed by atoms with van der Waals surface area (Å²) in [5, 5.41) is 5.53. The zero-order chi connectivity index (χ0) is 26.5. The van der Waals surface area contributed by atoms with E-state index in [-0.39, 0.29) is 11.1 Å². The van der Waals surface area contributed by atoms with Crippen LogP contribution in [0.4, 0.5) is 16.6 Å². The van der Waals surface area contributed by atoms with Crippen molar-refractivity contribution in [2.24, 2.45) is 5.92 Å². The minimum atomic E-state index is -0.384. The highest BCUT2D eigenvalue weighted by Gasteiger charge is 2.26. The summed E-state index contributed by atoms with van der Waals surface area (Å²) in [6.07, 6.45) is 9.09. The fourth-order valence-corrected chi connectivity index (χ4v) is 5.20. The van der Waals surface area contributed by atoms with Gasteiger partial charge in [0, 0.05) is 57.9 Å². The lowest BCUT2D eigenvalue weighted by Gasteiger charge is -2.32. The first-order chi connectivity index (χ1) is 18.5. The van der Waals surface area contributed by atoms with Gasteiger partial charge in [0.05, 0.1) is 16.3 Å². The summed E-state index contributed by atoms with van der Waals surface area (Å²) >= 11 is 0.889. The molecule has 5 rings (SSSR count). The van der Waals surface area contributed by atoms with E-state index in [1.165, 1.54) is 0 Å². The topological polar surface area (TPSA) is 116 Å². The quantitative estimate of drug-likeness (QED) is 0.420. The third-order valence-electron chi connectivity index (χ3n) is 6.60. The summed E-state index contributed by atoms with van der Waals surface area (Å²) in [5.41, 5.74) is 3.74. The SMILES string of the molecule is CN(C)c1ccc(-c2ncccc2CNCC2CCN(c3nccc(/C=C4\SC(=O)NC4=O)n3)CC2)cn1. The molecule has 2 saturated heterocycles. The molecule has 196 valence electrons. The Hall–Kier alpha value is -3.83. The van der Waals surface area contributed by atoms with Crippen LogP contribution >= 0.6 is 11.8 Å². The van der Waals surface area contributed by atoms with Crippen LogP contribution in [0, 0.1) is 5.92 Å². The minimum absolute atomic E-state index is 0.350. The third-order valence-corrected chi connectivity index (χ3v) is 7.41. The Morgan fingerprint density at radius 2 is 1.95 bits per heavy atom. The highest BCUT2D eigenvalue weighted by atomic mass is 32.2. The van der Waals surface area contributed by atoms with Gasteiger partial charge in [-0.1, -0.05) is 6.07 Å². The van der Waals surface area contributed by atoms with Crippen molar-refractivity contribution in [1.29, 1.82) is 0 Å². The maximum absolute atomic E-state index is 11.8. The van der Waals surface area contributed by atoms with Gasteiger partial charge in [-0.25, -0.2) is 15.0 Å². The van der Waals surface area contributed by atoms with E-state index in [1.807, 2.05) is 43.5 Å². The van der Waals surface area contributed by atoms with Crippen molar-refractivity contribution >= 4 is 40.8 Å². The molecule has 0 saturated carbocycles. The fourth-order valence-electron chi connectivity index (χ4n) is 4.53. The van der Waals surface area contributed by atoms with Gasteiger partial charge in [-0.3, -0.25) is 19.9 Å². The predicted octanol–water partition coefficient (Wildman–Crippen LogP) is 3.33. The number of hydrogen-bond acceptors (Lipinski definition) is 10. The monoisotopic (exact) mass is 530 g/mol. The average Bonchev–Trinajstić information content (AvgIpc) is 3.25. The lowest BCUT2D eigenvalue weighted by molar-refractivity contribution is -0.115. The number of thioether (sulfide) groups is 1. The largest absolute Gasteiger partial charge is 0.363 e. The number of nitrogens with zero attached hydrogens (tertiary/aromatic N) is 6. The maximum atomic E-state index is 11.8. The van der Waals surface area contributed by atoms with Crippen LogP contribution in [0.1, 0.15) is 24.1 Å². The molecule has 11 heteroatoms. The van der Waals surface area contributed by atoms with E-state index in [0.717, 1.165) is 73.4 Å². The number of aromatic nitrogens is 4. The predicted molar refractivity (Wildman–Crippen MR) is 150 cm³/mol. The van der Waals surface area contributed by atoms with Crippen molar-refractivity contribution in [3.05, 3.63) is 65.1 Å². The number of imide groups is 1. The summed E-state index contributed by atoms with van der Waals surface area (Å²) in [6.45, 7) is 3.39. The number of piperidine rings is 1. The molecule has 0 radical (unpaired) electrons. The van der Waals surface area contributed by atoms with Crippen LogP contribution in [0.15, 0.2) is 53.8 Å². The summed E-state index contributed by atoms with van der Waals surface area (Å²) in [5.74, 6) is 1.74. The molecule has 2 N–H and O–H groups in total. The highest BCUT2D eigenvalue weighted by Crippen LogP contribution is 2.26. The van der Waals surface area contributed by atoms with Gasteiger partial charge in [-0.2, -0.15) is 0 Å². The Balaban J connectivity index is 1.13. The van der Waals surface area contributed by atoms with Crippen LogP contribution in [-0.4, -0.2) is 64.8 Å². The van der Waals surface area contributed by atoms with Crippen LogP contribution in [0.5, 0.6) is 0 Å². The minimum Gasteiger partial charge on any atom is -0.363 e. The Labute approximate surface area is 226 Å². The molecule has 0 spiro atoms. The molecule has 3 aromatic heterocycles. The lowest BCUT2D eigenvalue weighted by atomic mass is 9.97. The van der Waals surface area contributed by atoms with E-state index in [9.17, 15) is 9.59 Å². The van der Waals surface area contributed by atoms with Gasteiger partial charge in [0.1, 0.15) is 5.82 Å². The molecule has 0 unspecified atom stereocenters. The molecule has 2 amide bonds. The molecule has 5 heterocycles. The molecule has 2 fully saturated rings. The Bertz CT molecular complexity index is 1340. The first kappa shape index (κ1) is 25.8. The Morgan fingerprint density at radius 1 is 1.11 bits per heavy atom. The lowest BCUT2D eigenvalue weighted by Crippen LogP contribution is -2.38. The number of rotatable bonds is 8. The van der Waals surface area contributed by atoms with Gasteiger partial charge in [0.2, 0.25) is 5.95 Å². The molecular formula is C27H30N8O2S. The van der Waals surface area contributed by atoms with Crippen molar-refractivity contribution < 1.29 is 9.59 Å². The first-order valence-corrected chi connectivity index (χ1v) is 13.4. The van der Waals surface area contributed by atoms with E-state index >= 15 is 0 Å². The fraction of sp³-hybridized carbons (Fsp3) is 0.333.